The van der Waals surface area contributed by atoms with Gasteiger partial charge in [0.25, 0.3) is 0 Å². The molecule has 1 fully saturated rings. The third-order valence-corrected chi connectivity index (χ3v) is 7.95. The number of pyridine rings is 1. The molecular weight excluding hydrogens is 484 g/mol. The molecule has 0 saturated heterocycles. The predicted octanol–water partition coefficient (Wildman–Crippen LogP) is 6.69. The van der Waals surface area contributed by atoms with Gasteiger partial charge in [-0.15, -0.1) is 0 Å². The van der Waals surface area contributed by atoms with Crippen LogP contribution < -0.4 is 15.8 Å². The van der Waals surface area contributed by atoms with Gasteiger partial charge >= 0.3 is 0 Å². The summed E-state index contributed by atoms with van der Waals surface area (Å²) in [5.74, 6) is 3.20. The Kier molecular flexibility index (Phi) is 8.48. The summed E-state index contributed by atoms with van der Waals surface area (Å²) in [5.41, 5.74) is 10.8. The Bertz CT molecular complexity index is 1300. The van der Waals surface area contributed by atoms with E-state index >= 15 is 0 Å². The minimum Gasteiger partial charge on any atom is -0.495 e. The zero-order valence-electron chi connectivity index (χ0n) is 22.6. The zero-order chi connectivity index (χ0) is 26.7. The lowest BCUT2D eigenvalue weighted by atomic mass is 9.80. The summed E-state index contributed by atoms with van der Waals surface area (Å²) in [6, 6.07) is 10.2. The van der Waals surface area contributed by atoms with Crippen LogP contribution in [0.3, 0.4) is 0 Å². The maximum absolute atomic E-state index is 12.3. The quantitative estimate of drug-likeness (QED) is 0.306. The smallest absolute Gasteiger partial charge is 0.162 e. The van der Waals surface area contributed by atoms with Crippen molar-refractivity contribution in [2.75, 3.05) is 12.4 Å². The molecule has 0 unspecified atom stereocenters. The molecule has 198 valence electrons. The number of nitrogens with zero attached hydrogens (tertiary/aromatic N) is 2. The number of nitrogens with one attached hydrogen (secondary N) is 1. The molecule has 1 aromatic carbocycles. The first-order chi connectivity index (χ1) is 17.7. The highest BCUT2D eigenvalue weighted by Crippen LogP contribution is 2.33. The normalized spacial score (nSPS) is 18.7. The molecule has 0 aliphatic heterocycles. The molecule has 3 N–H and O–H groups in total. The fraction of sp³-hybridized carbons (Fsp3) is 0.467. The molecule has 0 radical (unpaired) electrons. The first kappa shape index (κ1) is 27.1. The van der Waals surface area contributed by atoms with E-state index in [2.05, 4.69) is 23.6 Å². The number of anilines is 1. The fourth-order valence-corrected chi connectivity index (χ4v) is 5.82. The van der Waals surface area contributed by atoms with E-state index in [4.69, 9.17) is 27.1 Å². The highest BCUT2D eigenvalue weighted by Gasteiger charge is 2.25. The lowest BCUT2D eigenvalue weighted by Crippen LogP contribution is -2.28. The van der Waals surface area contributed by atoms with Crippen LogP contribution in [0, 0.1) is 11.8 Å². The number of aryl methyl sites for hydroxylation is 2. The van der Waals surface area contributed by atoms with E-state index in [9.17, 15) is 4.79 Å². The van der Waals surface area contributed by atoms with Gasteiger partial charge in [-0.25, -0.2) is 4.98 Å². The summed E-state index contributed by atoms with van der Waals surface area (Å²) in [7, 11) is 1.62. The molecule has 2 heterocycles. The Morgan fingerprint density at radius 2 is 1.89 bits per heavy atom. The molecule has 6 nitrogen and oxygen atoms in total. The van der Waals surface area contributed by atoms with E-state index in [0.717, 1.165) is 65.8 Å². The average Bonchev–Trinajstić information content (AvgIpc) is 3.19. The van der Waals surface area contributed by atoms with E-state index in [1.165, 1.54) is 12.8 Å². The Morgan fingerprint density at radius 1 is 1.16 bits per heavy atom. The highest BCUT2D eigenvalue weighted by molar-refractivity contribution is 6.32. The van der Waals surface area contributed by atoms with Gasteiger partial charge in [0.1, 0.15) is 17.2 Å². The predicted molar refractivity (Wildman–Crippen MR) is 152 cm³/mol. The second-order valence-electron chi connectivity index (χ2n) is 10.6. The maximum Gasteiger partial charge on any atom is 0.162 e. The van der Waals surface area contributed by atoms with Crippen molar-refractivity contribution in [1.82, 2.24) is 9.38 Å². The van der Waals surface area contributed by atoms with Gasteiger partial charge in [0.2, 0.25) is 0 Å². The molecule has 4 rings (SSSR count). The molecule has 0 amide bonds. The van der Waals surface area contributed by atoms with E-state index in [1.54, 1.807) is 21.0 Å². The topological polar surface area (TPSA) is 81.6 Å². The maximum atomic E-state index is 12.3. The molecule has 0 atom stereocenters. The lowest BCUT2D eigenvalue weighted by Gasteiger charge is -2.31. The second kappa shape index (κ2) is 11.6. The van der Waals surface area contributed by atoms with Crippen molar-refractivity contribution in [2.45, 2.75) is 72.3 Å². The Labute approximate surface area is 225 Å². The van der Waals surface area contributed by atoms with Crippen LogP contribution in [0.4, 0.5) is 5.82 Å². The number of benzene rings is 1. The molecular formula is C30H39ClN4O2. The van der Waals surface area contributed by atoms with E-state index in [0.29, 0.717) is 28.1 Å². The second-order valence-corrected chi connectivity index (χ2v) is 11.0. The van der Waals surface area contributed by atoms with Gasteiger partial charge in [-0.3, -0.25) is 9.20 Å². The molecule has 37 heavy (non-hydrogen) atoms. The largest absolute Gasteiger partial charge is 0.495 e. The van der Waals surface area contributed by atoms with Crippen LogP contribution in [0.5, 0.6) is 5.75 Å². The van der Waals surface area contributed by atoms with Gasteiger partial charge in [0.05, 0.1) is 17.8 Å². The molecule has 7 heteroatoms. The number of rotatable bonds is 9. The van der Waals surface area contributed by atoms with Gasteiger partial charge in [0.15, 0.2) is 5.78 Å². The number of hydrogen-bond donors (Lipinski definition) is 2. The number of aromatic nitrogens is 2. The third kappa shape index (κ3) is 6.12. The minimum absolute atomic E-state index is 0.0484. The SMILES string of the molecule is COc1ccc(CCc2nc3cc(/C(C(C)=O)=C(\C)N)ccn3c2NC2CCC(C(C)C)CC2)cc1Cl. The van der Waals surface area contributed by atoms with Gasteiger partial charge in [-0.2, -0.15) is 0 Å². The van der Waals surface area contributed by atoms with Crippen LogP contribution in [0.1, 0.15) is 70.2 Å². The number of methoxy groups -OCH3 is 1. The zero-order valence-corrected chi connectivity index (χ0v) is 23.4. The first-order valence-electron chi connectivity index (χ1n) is 13.3. The monoisotopic (exact) mass is 522 g/mol. The molecule has 0 bridgehead atoms. The number of fused-ring (bicyclic) bond motifs is 1. The van der Waals surface area contributed by atoms with E-state index in [1.807, 2.05) is 36.5 Å². The van der Waals surface area contributed by atoms with Crippen LogP contribution in [0.15, 0.2) is 42.2 Å². The molecule has 2 aromatic heterocycles. The van der Waals surface area contributed by atoms with Crippen LogP contribution >= 0.6 is 11.6 Å². The third-order valence-electron chi connectivity index (χ3n) is 7.66. The number of halogens is 1. The molecule has 1 saturated carbocycles. The van der Waals surface area contributed by atoms with Crippen LogP contribution in [-0.2, 0) is 17.6 Å². The van der Waals surface area contributed by atoms with Crippen molar-refractivity contribution < 1.29 is 9.53 Å². The van der Waals surface area contributed by atoms with Gasteiger partial charge in [-0.1, -0.05) is 31.5 Å². The van der Waals surface area contributed by atoms with E-state index in [-0.39, 0.29) is 5.78 Å². The van der Waals surface area contributed by atoms with Gasteiger partial charge in [-0.05, 0) is 99.6 Å². The average molecular weight is 523 g/mol. The standard InChI is InChI=1S/C30H39ClN4O2/c1-18(2)22-8-10-24(11-9-22)33-30-26(12-6-21-7-13-27(37-5)25(31)16-21)34-28-17-23(14-15-35(28)30)29(19(3)32)20(4)36/h7,13-18,22,24,33H,6,8-12,32H2,1-5H3/b29-19+. The summed E-state index contributed by atoms with van der Waals surface area (Å²) in [6.07, 6.45) is 8.37. The number of nitrogens with two attached hydrogens (primary N) is 1. The summed E-state index contributed by atoms with van der Waals surface area (Å²) < 4.78 is 7.41. The first-order valence-corrected chi connectivity index (χ1v) is 13.6. The van der Waals surface area contributed by atoms with Gasteiger partial charge < -0.3 is 15.8 Å². The molecule has 1 aliphatic rings. The number of ether oxygens (including phenoxy) is 1. The number of imidazole rings is 1. The lowest BCUT2D eigenvalue weighted by molar-refractivity contribution is -0.111. The number of ketones is 1. The van der Waals surface area contributed by atoms with Crippen molar-refractivity contribution in [3.8, 4) is 5.75 Å². The molecule has 1 aliphatic carbocycles. The summed E-state index contributed by atoms with van der Waals surface area (Å²) in [6.45, 7) is 7.97. The van der Waals surface area contributed by atoms with Crippen LogP contribution in [0.2, 0.25) is 5.02 Å². The molecule has 3 aromatic rings. The summed E-state index contributed by atoms with van der Waals surface area (Å²) >= 11 is 6.37. The number of Topliss-reactive ketones (excluding diaryl/α,β-unsaturated/α-hetero) is 1. The van der Waals surface area contributed by atoms with E-state index < -0.39 is 0 Å². The van der Waals surface area contributed by atoms with Crippen molar-refractivity contribution in [3.63, 3.8) is 0 Å². The van der Waals surface area contributed by atoms with Crippen molar-refractivity contribution >= 4 is 34.4 Å². The van der Waals surface area contributed by atoms with Gasteiger partial charge in [0, 0.05) is 23.5 Å². The summed E-state index contributed by atoms with van der Waals surface area (Å²) in [5, 5.41) is 4.45. The van der Waals surface area contributed by atoms with Crippen molar-refractivity contribution in [2.24, 2.45) is 17.6 Å². The Balaban J connectivity index is 1.65. The van der Waals surface area contributed by atoms with Crippen molar-refractivity contribution in [1.29, 1.82) is 0 Å². The number of hydrogen-bond acceptors (Lipinski definition) is 5. The molecule has 0 spiro atoms. The number of carbonyl (C=O) groups is 1. The fourth-order valence-electron chi connectivity index (χ4n) is 5.54. The highest BCUT2D eigenvalue weighted by atomic mass is 35.5. The van der Waals surface area contributed by atoms with Crippen LogP contribution in [-0.4, -0.2) is 28.3 Å². The minimum atomic E-state index is -0.0484. The number of allylic oxidation sites excluding steroid dienone is 2. The Hall–Kier alpha value is -2.99. The Morgan fingerprint density at radius 3 is 2.49 bits per heavy atom. The summed E-state index contributed by atoms with van der Waals surface area (Å²) in [4.78, 5) is 17.3. The number of carbonyl (C=O) groups excluding carboxylic acids is 1. The van der Waals surface area contributed by atoms with Crippen LogP contribution in [0.25, 0.3) is 11.2 Å². The van der Waals surface area contributed by atoms with Crippen molar-refractivity contribution in [3.05, 3.63) is 64.1 Å².